The Morgan fingerprint density at radius 3 is 2.59 bits per heavy atom. The number of ether oxygens (including phenoxy) is 2. The van der Waals surface area contributed by atoms with Crippen molar-refractivity contribution in [3.8, 4) is 11.5 Å². The van der Waals surface area contributed by atoms with E-state index < -0.39 is 15.8 Å². The molecule has 0 amide bonds. The topological polar surface area (TPSA) is 55.8 Å². The van der Waals surface area contributed by atoms with E-state index in [0.29, 0.717) is 24.6 Å². The van der Waals surface area contributed by atoms with Gasteiger partial charge in [0.15, 0.2) is 11.5 Å². The molecule has 5 nitrogen and oxygen atoms in total. The summed E-state index contributed by atoms with van der Waals surface area (Å²) in [5.41, 5.74) is 1.74. The second-order valence-corrected chi connectivity index (χ2v) is 9.06. The van der Waals surface area contributed by atoms with Crippen LogP contribution in [0.3, 0.4) is 0 Å². The molecule has 0 aromatic heterocycles. The van der Waals surface area contributed by atoms with E-state index in [0.717, 1.165) is 36.8 Å². The van der Waals surface area contributed by atoms with Crippen molar-refractivity contribution in [2.45, 2.75) is 31.1 Å². The third-order valence-corrected chi connectivity index (χ3v) is 7.34. The van der Waals surface area contributed by atoms with Gasteiger partial charge in [0.25, 0.3) is 0 Å². The lowest BCUT2D eigenvalue weighted by atomic mass is 9.91. The Labute approximate surface area is 158 Å². The standard InChI is InChI=1S/C20H22FNO4S/c1-14-2-4-17(21)12-20(14)27(23,24)22-8-6-15(7-9-22)10-16-3-5-18-19(11-16)26-13-25-18/h2-5,11-12,15H,6-10,13H2,1H3. The number of halogens is 1. The van der Waals surface area contributed by atoms with Crippen LogP contribution in [0.15, 0.2) is 41.3 Å². The average Bonchev–Trinajstić information content (AvgIpc) is 3.12. The van der Waals surface area contributed by atoms with Crippen LogP contribution < -0.4 is 9.47 Å². The molecule has 2 aromatic rings. The summed E-state index contributed by atoms with van der Waals surface area (Å²) < 4.78 is 51.5. The summed E-state index contributed by atoms with van der Waals surface area (Å²) in [5, 5.41) is 0. The zero-order valence-electron chi connectivity index (χ0n) is 15.2. The van der Waals surface area contributed by atoms with Crippen LogP contribution in [-0.4, -0.2) is 32.6 Å². The number of hydrogen-bond donors (Lipinski definition) is 0. The smallest absolute Gasteiger partial charge is 0.243 e. The summed E-state index contributed by atoms with van der Waals surface area (Å²) in [5.74, 6) is 1.42. The van der Waals surface area contributed by atoms with Crippen molar-refractivity contribution < 1.29 is 22.3 Å². The van der Waals surface area contributed by atoms with Crippen LogP contribution in [0, 0.1) is 18.7 Å². The summed E-state index contributed by atoms with van der Waals surface area (Å²) in [4.78, 5) is 0.0664. The van der Waals surface area contributed by atoms with E-state index in [1.54, 1.807) is 6.92 Å². The number of aryl methyl sites for hydroxylation is 1. The maximum atomic E-state index is 13.5. The van der Waals surface area contributed by atoms with Gasteiger partial charge in [0.05, 0.1) is 4.90 Å². The first-order valence-electron chi connectivity index (χ1n) is 9.08. The molecule has 1 saturated heterocycles. The van der Waals surface area contributed by atoms with E-state index in [1.807, 2.05) is 18.2 Å². The first kappa shape index (κ1) is 18.3. The highest BCUT2D eigenvalue weighted by atomic mass is 32.2. The van der Waals surface area contributed by atoms with Gasteiger partial charge in [-0.05, 0) is 67.5 Å². The number of sulfonamides is 1. The molecule has 2 aliphatic heterocycles. The quantitative estimate of drug-likeness (QED) is 0.800. The van der Waals surface area contributed by atoms with Crippen LogP contribution in [0.5, 0.6) is 11.5 Å². The summed E-state index contributed by atoms with van der Waals surface area (Å²) in [6.45, 7) is 2.86. The van der Waals surface area contributed by atoms with Crippen molar-refractivity contribution in [1.29, 1.82) is 0 Å². The molecule has 2 heterocycles. The van der Waals surface area contributed by atoms with E-state index in [-0.39, 0.29) is 11.7 Å². The Hall–Kier alpha value is -2.12. The number of piperidine rings is 1. The Morgan fingerprint density at radius 1 is 1.07 bits per heavy atom. The normalized spacial score (nSPS) is 18.0. The van der Waals surface area contributed by atoms with Gasteiger partial charge in [-0.15, -0.1) is 0 Å². The van der Waals surface area contributed by atoms with Gasteiger partial charge >= 0.3 is 0 Å². The minimum Gasteiger partial charge on any atom is -0.454 e. The lowest BCUT2D eigenvalue weighted by molar-refractivity contribution is 0.174. The van der Waals surface area contributed by atoms with Gasteiger partial charge in [-0.1, -0.05) is 12.1 Å². The van der Waals surface area contributed by atoms with Crippen LogP contribution in [0.1, 0.15) is 24.0 Å². The fraction of sp³-hybridized carbons (Fsp3) is 0.400. The largest absolute Gasteiger partial charge is 0.454 e. The van der Waals surface area contributed by atoms with Crippen LogP contribution >= 0.6 is 0 Å². The zero-order valence-corrected chi connectivity index (χ0v) is 16.0. The molecule has 7 heteroatoms. The maximum Gasteiger partial charge on any atom is 0.243 e. The summed E-state index contributed by atoms with van der Waals surface area (Å²) in [6, 6.07) is 9.86. The molecule has 0 bridgehead atoms. The highest BCUT2D eigenvalue weighted by Gasteiger charge is 2.31. The summed E-state index contributed by atoms with van der Waals surface area (Å²) in [6.07, 6.45) is 2.44. The van der Waals surface area contributed by atoms with Crippen LogP contribution in [0.2, 0.25) is 0 Å². The van der Waals surface area contributed by atoms with E-state index in [9.17, 15) is 12.8 Å². The molecule has 27 heavy (non-hydrogen) atoms. The molecule has 0 N–H and O–H groups in total. The zero-order chi connectivity index (χ0) is 19.0. The molecule has 144 valence electrons. The second kappa shape index (κ2) is 7.13. The number of nitrogens with zero attached hydrogens (tertiary/aromatic N) is 1. The first-order chi connectivity index (χ1) is 12.9. The molecule has 0 atom stereocenters. The number of rotatable bonds is 4. The number of fused-ring (bicyclic) bond motifs is 1. The van der Waals surface area contributed by atoms with Gasteiger partial charge in [-0.2, -0.15) is 4.31 Å². The van der Waals surface area contributed by atoms with E-state index >= 15 is 0 Å². The van der Waals surface area contributed by atoms with Gasteiger partial charge in [0.2, 0.25) is 16.8 Å². The third-order valence-electron chi connectivity index (χ3n) is 5.30. The number of benzene rings is 2. The molecule has 2 aromatic carbocycles. The Morgan fingerprint density at radius 2 is 1.81 bits per heavy atom. The molecule has 0 aliphatic carbocycles. The van der Waals surface area contributed by atoms with E-state index in [4.69, 9.17) is 9.47 Å². The van der Waals surface area contributed by atoms with Crippen LogP contribution in [0.4, 0.5) is 4.39 Å². The fourth-order valence-electron chi connectivity index (χ4n) is 3.75. The molecule has 0 saturated carbocycles. The Kier molecular flexibility index (Phi) is 4.82. The minimum atomic E-state index is -3.66. The van der Waals surface area contributed by atoms with Gasteiger partial charge in [-0.25, -0.2) is 12.8 Å². The van der Waals surface area contributed by atoms with Crippen molar-refractivity contribution in [2.75, 3.05) is 19.9 Å². The molecular formula is C20H22FNO4S. The van der Waals surface area contributed by atoms with Gasteiger partial charge in [0.1, 0.15) is 5.82 Å². The average molecular weight is 391 g/mol. The molecule has 4 rings (SSSR count). The molecule has 1 fully saturated rings. The molecule has 2 aliphatic rings. The predicted molar refractivity (Wildman–Crippen MR) is 98.9 cm³/mol. The van der Waals surface area contributed by atoms with Crippen molar-refractivity contribution in [3.05, 3.63) is 53.3 Å². The fourth-order valence-corrected chi connectivity index (χ4v) is 5.45. The molecule has 0 unspecified atom stereocenters. The van der Waals surface area contributed by atoms with Crippen LogP contribution in [0.25, 0.3) is 0 Å². The first-order valence-corrected chi connectivity index (χ1v) is 10.5. The van der Waals surface area contributed by atoms with E-state index in [1.165, 1.54) is 22.0 Å². The highest BCUT2D eigenvalue weighted by Crippen LogP contribution is 2.34. The highest BCUT2D eigenvalue weighted by molar-refractivity contribution is 7.89. The Bertz CT molecular complexity index is 952. The maximum absolute atomic E-state index is 13.5. The van der Waals surface area contributed by atoms with Crippen LogP contribution in [-0.2, 0) is 16.4 Å². The monoisotopic (exact) mass is 391 g/mol. The third kappa shape index (κ3) is 3.66. The number of hydrogen-bond acceptors (Lipinski definition) is 4. The van der Waals surface area contributed by atoms with Crippen molar-refractivity contribution in [2.24, 2.45) is 5.92 Å². The SMILES string of the molecule is Cc1ccc(F)cc1S(=O)(=O)N1CCC(Cc2ccc3c(c2)OCO3)CC1. The molecular weight excluding hydrogens is 369 g/mol. The predicted octanol–water partition coefficient (Wildman–Crippen LogP) is 3.51. The van der Waals surface area contributed by atoms with Gasteiger partial charge in [-0.3, -0.25) is 0 Å². The molecule has 0 spiro atoms. The van der Waals surface area contributed by atoms with Crippen molar-refractivity contribution >= 4 is 10.0 Å². The minimum absolute atomic E-state index is 0.0664. The Balaban J connectivity index is 1.42. The van der Waals surface area contributed by atoms with Gasteiger partial charge in [0, 0.05) is 13.1 Å². The van der Waals surface area contributed by atoms with Crippen molar-refractivity contribution in [3.63, 3.8) is 0 Å². The van der Waals surface area contributed by atoms with E-state index in [2.05, 4.69) is 0 Å². The summed E-state index contributed by atoms with van der Waals surface area (Å²) in [7, 11) is -3.66. The van der Waals surface area contributed by atoms with Gasteiger partial charge < -0.3 is 9.47 Å². The molecule has 0 radical (unpaired) electrons. The lowest BCUT2D eigenvalue weighted by Gasteiger charge is -2.31. The lowest BCUT2D eigenvalue weighted by Crippen LogP contribution is -2.39. The van der Waals surface area contributed by atoms with Crippen molar-refractivity contribution in [1.82, 2.24) is 4.31 Å². The second-order valence-electron chi connectivity index (χ2n) is 7.15. The summed E-state index contributed by atoms with van der Waals surface area (Å²) >= 11 is 0.